The van der Waals surface area contributed by atoms with Gasteiger partial charge < -0.3 is 14.8 Å². The molecule has 0 unspecified atom stereocenters. The first-order valence-electron chi connectivity index (χ1n) is 6.99. The second-order valence-electron chi connectivity index (χ2n) is 4.83. The summed E-state index contributed by atoms with van der Waals surface area (Å²) in [4.78, 5) is 4.34. The van der Waals surface area contributed by atoms with Crippen molar-refractivity contribution >= 4 is 0 Å². The lowest BCUT2D eigenvalue weighted by Gasteiger charge is -2.16. The molecule has 0 spiro atoms. The van der Waals surface area contributed by atoms with Gasteiger partial charge in [-0.25, -0.2) is 0 Å². The zero-order valence-electron chi connectivity index (χ0n) is 13.0. The largest absolute Gasteiger partial charge is 0.493 e. The fraction of sp³-hybridized carbons (Fsp3) is 0.294. The van der Waals surface area contributed by atoms with Crippen LogP contribution in [0.5, 0.6) is 11.5 Å². The van der Waals surface area contributed by atoms with E-state index in [9.17, 15) is 0 Å². The quantitative estimate of drug-likeness (QED) is 0.888. The summed E-state index contributed by atoms with van der Waals surface area (Å²) in [6, 6.07) is 11.6. The normalized spacial score (nSPS) is 11.5. The van der Waals surface area contributed by atoms with E-state index in [0.717, 1.165) is 11.3 Å². The van der Waals surface area contributed by atoms with Crippen LogP contribution in [0.2, 0.25) is 0 Å². The van der Waals surface area contributed by atoms with E-state index >= 15 is 0 Å². The predicted octanol–water partition coefficient (Wildman–Crippen LogP) is 2.82. The van der Waals surface area contributed by atoms with Crippen molar-refractivity contribution in [3.8, 4) is 17.6 Å². The molecule has 1 heterocycles. The van der Waals surface area contributed by atoms with E-state index in [1.54, 1.807) is 26.5 Å². The van der Waals surface area contributed by atoms with Crippen molar-refractivity contribution in [2.75, 3.05) is 14.2 Å². The molecule has 5 nitrogen and oxygen atoms in total. The number of hydrogen-bond acceptors (Lipinski definition) is 5. The third-order valence-electron chi connectivity index (χ3n) is 3.48. The van der Waals surface area contributed by atoms with Gasteiger partial charge in [-0.2, -0.15) is 5.26 Å². The van der Waals surface area contributed by atoms with Gasteiger partial charge in [-0.05, 0) is 24.6 Å². The molecule has 0 amide bonds. The van der Waals surface area contributed by atoms with Gasteiger partial charge in [0.05, 0.1) is 31.5 Å². The molecule has 0 radical (unpaired) electrons. The van der Waals surface area contributed by atoms with E-state index < -0.39 is 0 Å². The molecule has 0 aliphatic rings. The molecule has 2 aromatic rings. The molecule has 22 heavy (non-hydrogen) atoms. The lowest BCUT2D eigenvalue weighted by molar-refractivity contribution is 0.347. The molecule has 114 valence electrons. The number of benzene rings is 1. The van der Waals surface area contributed by atoms with Gasteiger partial charge in [-0.3, -0.25) is 4.98 Å². The summed E-state index contributed by atoms with van der Waals surface area (Å²) in [7, 11) is 3.21. The smallest absolute Gasteiger partial charge is 0.183 e. The SMILES string of the molecule is COc1ccnc(CN[C@@H](C)c2ccc(C#N)cc2)c1OC. The molecular formula is C17H19N3O2. The highest BCUT2D eigenvalue weighted by Crippen LogP contribution is 2.29. The van der Waals surface area contributed by atoms with Crippen molar-refractivity contribution in [3.05, 3.63) is 53.3 Å². The van der Waals surface area contributed by atoms with Crippen LogP contribution in [-0.2, 0) is 6.54 Å². The summed E-state index contributed by atoms with van der Waals surface area (Å²) in [5, 5.41) is 12.2. The van der Waals surface area contributed by atoms with E-state index in [1.165, 1.54) is 0 Å². The van der Waals surface area contributed by atoms with Crippen LogP contribution in [0.4, 0.5) is 0 Å². The Morgan fingerprint density at radius 1 is 1.18 bits per heavy atom. The number of methoxy groups -OCH3 is 2. The van der Waals surface area contributed by atoms with Crippen molar-refractivity contribution in [1.29, 1.82) is 5.26 Å². The van der Waals surface area contributed by atoms with Crippen molar-refractivity contribution < 1.29 is 9.47 Å². The van der Waals surface area contributed by atoms with Crippen LogP contribution >= 0.6 is 0 Å². The van der Waals surface area contributed by atoms with Gasteiger partial charge in [0.2, 0.25) is 0 Å². The minimum atomic E-state index is 0.130. The molecule has 2 rings (SSSR count). The summed E-state index contributed by atoms with van der Waals surface area (Å²) in [5.41, 5.74) is 2.57. The summed E-state index contributed by atoms with van der Waals surface area (Å²) in [6.07, 6.45) is 1.70. The third kappa shape index (κ3) is 3.54. The molecule has 0 aliphatic carbocycles. The Hall–Kier alpha value is -2.58. The van der Waals surface area contributed by atoms with Gasteiger partial charge in [-0.15, -0.1) is 0 Å². The van der Waals surface area contributed by atoms with Crippen LogP contribution in [0.15, 0.2) is 36.5 Å². The van der Waals surface area contributed by atoms with Crippen molar-refractivity contribution in [1.82, 2.24) is 10.3 Å². The number of nitrogens with zero attached hydrogens (tertiary/aromatic N) is 2. The van der Waals surface area contributed by atoms with Gasteiger partial charge in [0, 0.05) is 24.8 Å². The van der Waals surface area contributed by atoms with Crippen LogP contribution in [0.25, 0.3) is 0 Å². The summed E-state index contributed by atoms with van der Waals surface area (Å²) in [6.45, 7) is 2.62. The molecule has 1 atom stereocenters. The third-order valence-corrected chi connectivity index (χ3v) is 3.48. The van der Waals surface area contributed by atoms with Gasteiger partial charge >= 0.3 is 0 Å². The van der Waals surface area contributed by atoms with E-state index in [0.29, 0.717) is 23.6 Å². The average Bonchev–Trinajstić information content (AvgIpc) is 2.59. The number of nitrogens with one attached hydrogen (secondary N) is 1. The summed E-state index contributed by atoms with van der Waals surface area (Å²) < 4.78 is 10.6. The van der Waals surface area contributed by atoms with Crippen molar-refractivity contribution in [2.45, 2.75) is 19.5 Å². The van der Waals surface area contributed by atoms with Gasteiger partial charge in [0.1, 0.15) is 0 Å². The van der Waals surface area contributed by atoms with Crippen LogP contribution in [0.3, 0.4) is 0 Å². The molecule has 0 aliphatic heterocycles. The average molecular weight is 297 g/mol. The number of rotatable bonds is 6. The lowest BCUT2D eigenvalue weighted by atomic mass is 10.1. The maximum absolute atomic E-state index is 8.83. The topological polar surface area (TPSA) is 67.2 Å². The Bertz CT molecular complexity index is 663. The van der Waals surface area contributed by atoms with E-state index in [4.69, 9.17) is 14.7 Å². The standard InChI is InChI=1S/C17H19N3O2/c1-12(14-6-4-13(10-18)5-7-14)20-11-15-17(22-3)16(21-2)8-9-19-15/h4-9,12,20H,11H2,1-3H3/t12-/m0/s1. The van der Waals surface area contributed by atoms with Crippen molar-refractivity contribution in [2.24, 2.45) is 0 Å². The second kappa shape index (κ2) is 7.43. The molecule has 1 aromatic heterocycles. The highest BCUT2D eigenvalue weighted by molar-refractivity contribution is 5.42. The highest BCUT2D eigenvalue weighted by atomic mass is 16.5. The van der Waals surface area contributed by atoms with E-state index in [-0.39, 0.29) is 6.04 Å². The molecule has 0 bridgehead atoms. The Balaban J connectivity index is 2.07. The number of hydrogen-bond donors (Lipinski definition) is 1. The number of aromatic nitrogens is 1. The van der Waals surface area contributed by atoms with E-state index in [1.807, 2.05) is 24.3 Å². The summed E-state index contributed by atoms with van der Waals surface area (Å²) >= 11 is 0. The molecule has 0 saturated carbocycles. The van der Waals surface area contributed by atoms with Crippen LogP contribution in [0, 0.1) is 11.3 Å². The zero-order valence-corrected chi connectivity index (χ0v) is 13.0. The highest BCUT2D eigenvalue weighted by Gasteiger charge is 2.12. The van der Waals surface area contributed by atoms with Crippen LogP contribution in [-0.4, -0.2) is 19.2 Å². The number of ether oxygens (including phenoxy) is 2. The van der Waals surface area contributed by atoms with Gasteiger partial charge in [0.25, 0.3) is 0 Å². The Morgan fingerprint density at radius 3 is 2.50 bits per heavy atom. The molecule has 1 aromatic carbocycles. The minimum Gasteiger partial charge on any atom is -0.493 e. The fourth-order valence-corrected chi connectivity index (χ4v) is 2.19. The second-order valence-corrected chi connectivity index (χ2v) is 4.83. The Labute approximate surface area is 130 Å². The fourth-order valence-electron chi connectivity index (χ4n) is 2.19. The minimum absolute atomic E-state index is 0.130. The van der Waals surface area contributed by atoms with Crippen molar-refractivity contribution in [3.63, 3.8) is 0 Å². The maximum Gasteiger partial charge on any atom is 0.183 e. The molecule has 0 fully saturated rings. The first kappa shape index (κ1) is 15.8. The van der Waals surface area contributed by atoms with Gasteiger partial charge in [0.15, 0.2) is 11.5 Å². The first-order chi connectivity index (χ1) is 10.7. The monoisotopic (exact) mass is 297 g/mol. The number of nitriles is 1. The lowest BCUT2D eigenvalue weighted by Crippen LogP contribution is -2.19. The summed E-state index contributed by atoms with van der Waals surface area (Å²) in [5.74, 6) is 1.31. The van der Waals surface area contributed by atoms with Crippen LogP contribution < -0.4 is 14.8 Å². The van der Waals surface area contributed by atoms with Crippen LogP contribution in [0.1, 0.15) is 29.8 Å². The Morgan fingerprint density at radius 2 is 1.91 bits per heavy atom. The molecule has 0 saturated heterocycles. The molecule has 5 heteroatoms. The maximum atomic E-state index is 8.83. The van der Waals surface area contributed by atoms with Gasteiger partial charge in [-0.1, -0.05) is 12.1 Å². The zero-order chi connectivity index (χ0) is 15.9. The molecular weight excluding hydrogens is 278 g/mol. The Kier molecular flexibility index (Phi) is 5.34. The van der Waals surface area contributed by atoms with E-state index in [2.05, 4.69) is 23.3 Å². The molecule has 1 N–H and O–H groups in total. The first-order valence-corrected chi connectivity index (χ1v) is 6.99. The predicted molar refractivity (Wildman–Crippen MR) is 83.8 cm³/mol. The number of pyridine rings is 1.